The van der Waals surface area contributed by atoms with Crippen molar-refractivity contribution in [1.29, 1.82) is 0 Å². The average Bonchev–Trinajstić information content (AvgIpc) is 2.55. The molecule has 1 aromatic carbocycles. The molecule has 0 spiro atoms. The summed E-state index contributed by atoms with van der Waals surface area (Å²) < 4.78 is 6.59. The summed E-state index contributed by atoms with van der Waals surface area (Å²) in [5.74, 6) is -1.22. The molecule has 1 aromatic heterocycles. The molecule has 0 saturated carbocycles. The number of anilines is 1. The lowest BCUT2D eigenvalue weighted by Gasteiger charge is -2.08. The number of carbonyl (C=O) groups is 2. The average molecular weight is 317 g/mol. The third-order valence-corrected chi connectivity index (χ3v) is 3.23. The first-order chi connectivity index (χ1) is 10.8. The molecule has 1 amide bonds. The van der Waals surface area contributed by atoms with Gasteiger partial charge in [0.2, 0.25) is 0 Å². The molecule has 120 valence electrons. The Morgan fingerprint density at radius 1 is 1.17 bits per heavy atom. The number of ether oxygens (including phenoxy) is 1. The van der Waals surface area contributed by atoms with E-state index in [0.29, 0.717) is 5.69 Å². The van der Waals surface area contributed by atoms with Gasteiger partial charge < -0.3 is 14.6 Å². The maximum Gasteiger partial charge on any atom is 0.337 e. The topological polar surface area (TPSA) is 99.4 Å². The molecule has 0 unspecified atom stereocenters. The molecule has 0 radical (unpaired) electrons. The fourth-order valence-electron chi connectivity index (χ4n) is 2.00. The van der Waals surface area contributed by atoms with Gasteiger partial charge in [-0.3, -0.25) is 14.2 Å². The highest BCUT2D eigenvalue weighted by Gasteiger charge is 2.15. The lowest BCUT2D eigenvalue weighted by Crippen LogP contribution is -2.40. The smallest absolute Gasteiger partial charge is 0.337 e. The molecule has 1 heterocycles. The Bertz CT molecular complexity index is 895. The molecule has 2 aromatic rings. The highest BCUT2D eigenvalue weighted by atomic mass is 16.5. The molecule has 8 nitrogen and oxygen atoms in total. The second kappa shape index (κ2) is 6.30. The van der Waals surface area contributed by atoms with Crippen LogP contribution >= 0.6 is 0 Å². The zero-order valence-electron chi connectivity index (χ0n) is 12.8. The number of methoxy groups -OCH3 is 1. The molecule has 0 aliphatic heterocycles. The van der Waals surface area contributed by atoms with Crippen LogP contribution in [-0.2, 0) is 18.8 Å². The number of esters is 1. The Hall–Kier alpha value is -3.16. The van der Waals surface area contributed by atoms with E-state index in [1.807, 2.05) is 0 Å². The summed E-state index contributed by atoms with van der Waals surface area (Å²) in [7, 11) is 3.98. The number of aromatic nitrogens is 2. The molecule has 2 rings (SSSR count). The van der Waals surface area contributed by atoms with E-state index in [1.165, 1.54) is 39.5 Å². The summed E-state index contributed by atoms with van der Waals surface area (Å²) in [5.41, 5.74) is -0.820. The summed E-state index contributed by atoms with van der Waals surface area (Å²) in [6, 6.07) is 6.10. The first-order valence-corrected chi connectivity index (χ1v) is 6.61. The Morgan fingerprint density at radius 3 is 2.52 bits per heavy atom. The standard InChI is InChI=1S/C15H15N3O5/c1-17-8-11(13(20)18(2)15(17)22)12(19)16-10-6-4-5-9(7-10)14(21)23-3/h4-8H,1-3H3,(H,16,19). The van der Waals surface area contributed by atoms with E-state index < -0.39 is 23.1 Å². The second-order valence-corrected chi connectivity index (χ2v) is 4.83. The van der Waals surface area contributed by atoms with Crippen molar-refractivity contribution < 1.29 is 14.3 Å². The van der Waals surface area contributed by atoms with E-state index in [0.717, 1.165) is 9.13 Å². The quantitative estimate of drug-likeness (QED) is 0.811. The van der Waals surface area contributed by atoms with Gasteiger partial charge in [0.05, 0.1) is 12.7 Å². The third kappa shape index (κ3) is 3.20. The maximum absolute atomic E-state index is 12.2. The molecule has 8 heteroatoms. The molecule has 0 aliphatic carbocycles. The monoisotopic (exact) mass is 317 g/mol. The number of hydrogen-bond donors (Lipinski definition) is 1. The van der Waals surface area contributed by atoms with E-state index in [1.54, 1.807) is 12.1 Å². The van der Waals surface area contributed by atoms with Crippen LogP contribution in [-0.4, -0.2) is 28.1 Å². The first kappa shape index (κ1) is 16.2. The summed E-state index contributed by atoms with van der Waals surface area (Å²) in [6.07, 6.45) is 1.17. The predicted molar refractivity (Wildman–Crippen MR) is 82.7 cm³/mol. The van der Waals surface area contributed by atoms with Gasteiger partial charge >= 0.3 is 11.7 Å². The summed E-state index contributed by atoms with van der Waals surface area (Å²) in [6.45, 7) is 0. The minimum Gasteiger partial charge on any atom is -0.465 e. The molecule has 0 aliphatic rings. The van der Waals surface area contributed by atoms with Gasteiger partial charge in [-0.2, -0.15) is 0 Å². The van der Waals surface area contributed by atoms with Crippen molar-refractivity contribution in [1.82, 2.24) is 9.13 Å². The van der Waals surface area contributed by atoms with Crippen LogP contribution in [0.5, 0.6) is 0 Å². The van der Waals surface area contributed by atoms with E-state index >= 15 is 0 Å². The summed E-state index contributed by atoms with van der Waals surface area (Å²) >= 11 is 0. The largest absolute Gasteiger partial charge is 0.465 e. The minimum atomic E-state index is -0.699. The van der Waals surface area contributed by atoms with Crippen LogP contribution < -0.4 is 16.6 Å². The number of hydrogen-bond acceptors (Lipinski definition) is 5. The molecule has 0 bridgehead atoms. The van der Waals surface area contributed by atoms with Gasteiger partial charge in [-0.15, -0.1) is 0 Å². The number of carbonyl (C=O) groups excluding carboxylic acids is 2. The summed E-state index contributed by atoms with van der Waals surface area (Å²) in [5, 5.41) is 2.52. The Kier molecular flexibility index (Phi) is 4.44. The van der Waals surface area contributed by atoms with Crippen LogP contribution in [0.2, 0.25) is 0 Å². The molecule has 0 saturated heterocycles. The van der Waals surface area contributed by atoms with Gasteiger partial charge in [-0.25, -0.2) is 9.59 Å². The lowest BCUT2D eigenvalue weighted by atomic mass is 10.2. The summed E-state index contributed by atoms with van der Waals surface area (Å²) in [4.78, 5) is 47.3. The zero-order valence-corrected chi connectivity index (χ0v) is 12.8. The lowest BCUT2D eigenvalue weighted by molar-refractivity contribution is 0.0600. The zero-order chi connectivity index (χ0) is 17.1. The van der Waals surface area contributed by atoms with Gasteiger partial charge in [0.25, 0.3) is 11.5 Å². The first-order valence-electron chi connectivity index (χ1n) is 6.61. The van der Waals surface area contributed by atoms with Crippen molar-refractivity contribution in [2.24, 2.45) is 14.1 Å². The van der Waals surface area contributed by atoms with Crippen LogP contribution in [0.1, 0.15) is 20.7 Å². The molecule has 0 fully saturated rings. The highest BCUT2D eigenvalue weighted by molar-refractivity contribution is 6.04. The van der Waals surface area contributed by atoms with E-state index in [2.05, 4.69) is 10.1 Å². The fourth-order valence-corrected chi connectivity index (χ4v) is 2.00. The maximum atomic E-state index is 12.2. The molecule has 23 heavy (non-hydrogen) atoms. The van der Waals surface area contributed by atoms with Crippen molar-refractivity contribution in [3.05, 3.63) is 62.4 Å². The fraction of sp³-hybridized carbons (Fsp3) is 0.200. The van der Waals surface area contributed by atoms with Crippen LogP contribution in [0.4, 0.5) is 5.69 Å². The minimum absolute atomic E-state index is 0.182. The number of nitrogens with zero attached hydrogens (tertiary/aromatic N) is 2. The molecule has 0 atom stereocenters. The predicted octanol–water partition coefficient (Wildman–Crippen LogP) is 0.123. The van der Waals surface area contributed by atoms with Crippen LogP contribution in [0.3, 0.4) is 0 Å². The van der Waals surface area contributed by atoms with Crippen molar-refractivity contribution in [2.45, 2.75) is 0 Å². The van der Waals surface area contributed by atoms with Gasteiger partial charge in [0.1, 0.15) is 5.56 Å². The Morgan fingerprint density at radius 2 is 1.87 bits per heavy atom. The normalized spacial score (nSPS) is 10.2. The number of nitrogens with one attached hydrogen (secondary N) is 1. The van der Waals surface area contributed by atoms with Gasteiger partial charge in [0, 0.05) is 26.0 Å². The van der Waals surface area contributed by atoms with Crippen molar-refractivity contribution in [3.63, 3.8) is 0 Å². The molecular weight excluding hydrogens is 302 g/mol. The van der Waals surface area contributed by atoms with Crippen molar-refractivity contribution in [2.75, 3.05) is 12.4 Å². The second-order valence-electron chi connectivity index (χ2n) is 4.83. The molecular formula is C15H15N3O5. The third-order valence-electron chi connectivity index (χ3n) is 3.23. The Balaban J connectivity index is 2.36. The number of amides is 1. The van der Waals surface area contributed by atoms with Gasteiger partial charge in [-0.1, -0.05) is 6.07 Å². The van der Waals surface area contributed by atoms with Gasteiger partial charge in [0.15, 0.2) is 0 Å². The van der Waals surface area contributed by atoms with Gasteiger partial charge in [-0.05, 0) is 18.2 Å². The van der Waals surface area contributed by atoms with Crippen LogP contribution in [0.25, 0.3) is 0 Å². The highest BCUT2D eigenvalue weighted by Crippen LogP contribution is 2.12. The Labute approximate surface area is 130 Å². The van der Waals surface area contributed by atoms with E-state index in [4.69, 9.17) is 0 Å². The SMILES string of the molecule is COC(=O)c1cccc(NC(=O)c2cn(C)c(=O)n(C)c2=O)c1. The number of rotatable bonds is 3. The van der Waals surface area contributed by atoms with Crippen molar-refractivity contribution in [3.8, 4) is 0 Å². The number of aryl methyl sites for hydroxylation is 1. The van der Waals surface area contributed by atoms with E-state index in [-0.39, 0.29) is 11.1 Å². The van der Waals surface area contributed by atoms with Crippen LogP contribution in [0, 0.1) is 0 Å². The number of benzene rings is 1. The van der Waals surface area contributed by atoms with E-state index in [9.17, 15) is 19.2 Å². The molecule has 1 N–H and O–H groups in total. The van der Waals surface area contributed by atoms with Crippen LogP contribution in [0.15, 0.2) is 40.1 Å². The van der Waals surface area contributed by atoms with Crippen molar-refractivity contribution >= 4 is 17.6 Å².